The number of halogens is 1. The van der Waals surface area contributed by atoms with Gasteiger partial charge in [0.05, 0.1) is 0 Å². The minimum atomic E-state index is -0.169. The molecule has 0 fully saturated rings. The van der Waals surface area contributed by atoms with Crippen LogP contribution in [0.3, 0.4) is 0 Å². The molecule has 0 bridgehead atoms. The Hall–Kier alpha value is -2.39. The number of pyridine rings is 1. The fourth-order valence-corrected chi connectivity index (χ4v) is 2.27. The average molecular weight is 283 g/mol. The predicted octanol–water partition coefficient (Wildman–Crippen LogP) is 3.88. The molecule has 0 atom stereocenters. The highest BCUT2D eigenvalue weighted by Crippen LogP contribution is 2.18. The van der Waals surface area contributed by atoms with Gasteiger partial charge in [0.15, 0.2) is 5.15 Å². The third-order valence-corrected chi connectivity index (χ3v) is 3.21. The van der Waals surface area contributed by atoms with Gasteiger partial charge in [0.2, 0.25) is 5.78 Å². The number of rotatable bonds is 3. The molecule has 0 aliphatic heterocycles. The van der Waals surface area contributed by atoms with Gasteiger partial charge in [-0.1, -0.05) is 54.1 Å². The van der Waals surface area contributed by atoms with E-state index in [-0.39, 0.29) is 10.9 Å². The summed E-state index contributed by atoms with van der Waals surface area (Å²) in [7, 11) is 0. The van der Waals surface area contributed by atoms with Gasteiger partial charge in [0.25, 0.3) is 0 Å². The van der Waals surface area contributed by atoms with Crippen LogP contribution >= 0.6 is 11.6 Å². The van der Waals surface area contributed by atoms with Gasteiger partial charge in [0, 0.05) is 6.20 Å². The van der Waals surface area contributed by atoms with Crippen LogP contribution in [0.5, 0.6) is 0 Å². The molecule has 0 saturated carbocycles. The minimum absolute atomic E-state index is 0.169. The number of fused-ring (bicyclic) bond motifs is 1. The maximum absolute atomic E-state index is 12.3. The Morgan fingerprint density at radius 1 is 1.10 bits per heavy atom. The van der Waals surface area contributed by atoms with E-state index in [1.165, 1.54) is 6.08 Å². The van der Waals surface area contributed by atoms with Crippen molar-refractivity contribution in [1.29, 1.82) is 0 Å². The number of nitrogens with zero attached hydrogens (tertiary/aromatic N) is 2. The summed E-state index contributed by atoms with van der Waals surface area (Å²) < 4.78 is 1.69. The largest absolute Gasteiger partial charge is 0.295 e. The molecular formula is C16H11ClN2O. The van der Waals surface area contributed by atoms with Crippen LogP contribution in [0.4, 0.5) is 0 Å². The third-order valence-electron chi connectivity index (χ3n) is 2.95. The Morgan fingerprint density at radius 3 is 2.65 bits per heavy atom. The molecule has 20 heavy (non-hydrogen) atoms. The fraction of sp³-hybridized carbons (Fsp3) is 0. The van der Waals surface area contributed by atoms with Gasteiger partial charge in [-0.3, -0.25) is 9.20 Å². The molecule has 0 N–H and O–H groups in total. The van der Waals surface area contributed by atoms with Crippen LogP contribution in [-0.2, 0) is 0 Å². The number of carbonyl (C=O) groups excluding carboxylic acids is 1. The highest BCUT2D eigenvalue weighted by atomic mass is 35.5. The Bertz CT molecular complexity index is 791. The van der Waals surface area contributed by atoms with Gasteiger partial charge in [0.1, 0.15) is 11.3 Å². The second-order valence-electron chi connectivity index (χ2n) is 4.29. The van der Waals surface area contributed by atoms with Crippen LogP contribution in [0.25, 0.3) is 11.7 Å². The predicted molar refractivity (Wildman–Crippen MR) is 80.0 cm³/mol. The molecule has 4 heteroatoms. The molecule has 0 aliphatic carbocycles. The summed E-state index contributed by atoms with van der Waals surface area (Å²) in [6, 6.07) is 15.1. The fourth-order valence-electron chi connectivity index (χ4n) is 2.00. The van der Waals surface area contributed by atoms with Gasteiger partial charge in [-0.05, 0) is 23.8 Å². The number of ketones is 1. The van der Waals surface area contributed by atoms with Crippen molar-refractivity contribution in [2.75, 3.05) is 0 Å². The minimum Gasteiger partial charge on any atom is -0.295 e. The number of carbonyl (C=O) groups is 1. The van der Waals surface area contributed by atoms with Crippen LogP contribution in [-0.4, -0.2) is 15.2 Å². The quantitative estimate of drug-likeness (QED) is 0.540. The van der Waals surface area contributed by atoms with Crippen molar-refractivity contribution in [3.8, 4) is 0 Å². The standard InChI is InChI=1S/C16H11ClN2O/c17-16-15(19-11-5-4-8-14(19)18-16)13(20)10-9-12-6-2-1-3-7-12/h1-11H/b10-9+. The smallest absolute Gasteiger partial charge is 0.205 e. The van der Waals surface area contributed by atoms with Crippen molar-refractivity contribution in [3.63, 3.8) is 0 Å². The first-order valence-corrected chi connectivity index (χ1v) is 6.53. The molecule has 98 valence electrons. The number of allylic oxidation sites excluding steroid dienone is 1. The molecule has 0 spiro atoms. The SMILES string of the molecule is O=C(/C=C/c1ccccc1)c1c(Cl)nc2ccccn12. The maximum atomic E-state index is 12.3. The number of aromatic nitrogens is 2. The van der Waals surface area contributed by atoms with Crippen molar-refractivity contribution in [2.24, 2.45) is 0 Å². The molecule has 0 radical (unpaired) electrons. The monoisotopic (exact) mass is 282 g/mol. The Balaban J connectivity index is 1.97. The average Bonchev–Trinajstić information content (AvgIpc) is 2.82. The lowest BCUT2D eigenvalue weighted by molar-refractivity contribution is 0.104. The van der Waals surface area contributed by atoms with E-state index in [2.05, 4.69) is 4.98 Å². The molecule has 2 aromatic heterocycles. The zero-order valence-electron chi connectivity index (χ0n) is 10.5. The van der Waals surface area contributed by atoms with E-state index in [1.54, 1.807) is 16.7 Å². The lowest BCUT2D eigenvalue weighted by Crippen LogP contribution is -2.00. The molecular weight excluding hydrogens is 272 g/mol. The summed E-state index contributed by atoms with van der Waals surface area (Å²) in [5.41, 5.74) is 2.01. The molecule has 3 nitrogen and oxygen atoms in total. The number of imidazole rings is 1. The van der Waals surface area contributed by atoms with Crippen molar-refractivity contribution in [3.05, 3.63) is 77.2 Å². The first-order valence-electron chi connectivity index (χ1n) is 6.16. The van der Waals surface area contributed by atoms with Crippen molar-refractivity contribution >= 4 is 29.1 Å². The Kier molecular flexibility index (Phi) is 3.35. The summed E-state index contributed by atoms with van der Waals surface area (Å²) in [6.07, 6.45) is 5.05. The van der Waals surface area contributed by atoms with Crippen molar-refractivity contribution < 1.29 is 4.79 Å². The van der Waals surface area contributed by atoms with E-state index in [4.69, 9.17) is 11.6 Å². The topological polar surface area (TPSA) is 34.4 Å². The highest BCUT2D eigenvalue weighted by molar-refractivity contribution is 6.33. The first-order chi connectivity index (χ1) is 9.75. The number of hydrogen-bond donors (Lipinski definition) is 0. The highest BCUT2D eigenvalue weighted by Gasteiger charge is 2.15. The third kappa shape index (κ3) is 2.36. The lowest BCUT2D eigenvalue weighted by atomic mass is 10.2. The van der Waals surface area contributed by atoms with Gasteiger partial charge in [-0.15, -0.1) is 0 Å². The first kappa shape index (κ1) is 12.6. The maximum Gasteiger partial charge on any atom is 0.205 e. The number of hydrogen-bond acceptors (Lipinski definition) is 2. The van der Waals surface area contributed by atoms with Crippen molar-refractivity contribution in [2.45, 2.75) is 0 Å². The van der Waals surface area contributed by atoms with E-state index in [0.717, 1.165) is 5.56 Å². The molecule has 1 aromatic carbocycles. The summed E-state index contributed by atoms with van der Waals surface area (Å²) in [4.78, 5) is 16.4. The van der Waals surface area contributed by atoms with Gasteiger partial charge in [-0.25, -0.2) is 4.98 Å². The molecule has 2 heterocycles. The summed E-state index contributed by atoms with van der Waals surface area (Å²) in [5, 5.41) is 0.221. The van der Waals surface area contributed by atoms with E-state index in [0.29, 0.717) is 11.3 Å². The second kappa shape index (κ2) is 5.31. The molecule has 0 saturated heterocycles. The lowest BCUT2D eigenvalue weighted by Gasteiger charge is -1.97. The normalized spacial score (nSPS) is 11.2. The molecule has 0 unspecified atom stereocenters. The number of benzene rings is 1. The Labute approximate surface area is 121 Å². The Morgan fingerprint density at radius 2 is 1.85 bits per heavy atom. The molecule has 3 aromatic rings. The van der Waals surface area contributed by atoms with E-state index in [1.807, 2.05) is 48.5 Å². The molecule has 3 rings (SSSR count). The van der Waals surface area contributed by atoms with Gasteiger partial charge >= 0.3 is 0 Å². The van der Waals surface area contributed by atoms with E-state index >= 15 is 0 Å². The zero-order valence-corrected chi connectivity index (χ0v) is 11.3. The zero-order chi connectivity index (χ0) is 13.9. The molecule has 0 amide bonds. The second-order valence-corrected chi connectivity index (χ2v) is 4.65. The summed E-state index contributed by atoms with van der Waals surface area (Å²) in [6.45, 7) is 0. The van der Waals surface area contributed by atoms with Gasteiger partial charge in [-0.2, -0.15) is 0 Å². The van der Waals surface area contributed by atoms with E-state index < -0.39 is 0 Å². The summed E-state index contributed by atoms with van der Waals surface area (Å²) in [5.74, 6) is -0.169. The van der Waals surface area contributed by atoms with E-state index in [9.17, 15) is 4.79 Å². The van der Waals surface area contributed by atoms with Crippen LogP contribution in [0.2, 0.25) is 5.15 Å². The van der Waals surface area contributed by atoms with Crippen molar-refractivity contribution in [1.82, 2.24) is 9.38 Å². The van der Waals surface area contributed by atoms with Crippen LogP contribution < -0.4 is 0 Å². The summed E-state index contributed by atoms with van der Waals surface area (Å²) >= 11 is 6.06. The molecule has 0 aliphatic rings. The van der Waals surface area contributed by atoms with Crippen LogP contribution in [0.1, 0.15) is 16.1 Å². The van der Waals surface area contributed by atoms with Gasteiger partial charge < -0.3 is 0 Å². The van der Waals surface area contributed by atoms with Crippen LogP contribution in [0, 0.1) is 0 Å². The van der Waals surface area contributed by atoms with Crippen LogP contribution in [0.15, 0.2) is 60.8 Å².